The molecule has 5 nitrogen and oxygen atoms in total. The Morgan fingerprint density at radius 3 is 3.20 bits per heavy atom. The van der Waals surface area contributed by atoms with Gasteiger partial charge in [-0.05, 0) is 37.4 Å². The standard InChI is InChI=1S/C15H18N4O/c20-15(12-1-2-14-16-4-6-19(14)9-12)17-13-7-11-3-5-18(8-11)10-13/h1-2,4,6,9,11,13H,3,5,7-8,10H2,(H,17,20). The van der Waals surface area contributed by atoms with Gasteiger partial charge in [0.05, 0.1) is 5.56 Å². The van der Waals surface area contributed by atoms with Crippen LogP contribution in [0.5, 0.6) is 0 Å². The molecule has 0 radical (unpaired) electrons. The molecule has 0 aliphatic carbocycles. The summed E-state index contributed by atoms with van der Waals surface area (Å²) in [5, 5.41) is 3.18. The van der Waals surface area contributed by atoms with Crippen LogP contribution < -0.4 is 5.32 Å². The van der Waals surface area contributed by atoms with Crippen molar-refractivity contribution < 1.29 is 4.79 Å². The predicted octanol–water partition coefficient (Wildman–Crippen LogP) is 1.16. The molecule has 2 bridgehead atoms. The predicted molar refractivity (Wildman–Crippen MR) is 75.6 cm³/mol. The van der Waals surface area contributed by atoms with Gasteiger partial charge in [0.2, 0.25) is 0 Å². The van der Waals surface area contributed by atoms with E-state index in [1.807, 2.05) is 28.9 Å². The van der Waals surface area contributed by atoms with Gasteiger partial charge in [-0.1, -0.05) is 0 Å². The highest BCUT2D eigenvalue weighted by Gasteiger charge is 2.32. The minimum atomic E-state index is 0.0214. The Kier molecular flexibility index (Phi) is 2.73. The van der Waals surface area contributed by atoms with E-state index in [0.29, 0.717) is 11.6 Å². The lowest BCUT2D eigenvalue weighted by atomic mass is 9.96. The molecule has 104 valence electrons. The number of carbonyl (C=O) groups is 1. The molecule has 2 fully saturated rings. The summed E-state index contributed by atoms with van der Waals surface area (Å²) in [5.74, 6) is 0.790. The molecule has 0 aromatic carbocycles. The molecule has 0 spiro atoms. The highest BCUT2D eigenvalue weighted by molar-refractivity contribution is 5.94. The highest BCUT2D eigenvalue weighted by atomic mass is 16.1. The zero-order valence-corrected chi connectivity index (χ0v) is 11.3. The number of amides is 1. The van der Waals surface area contributed by atoms with Gasteiger partial charge in [0.15, 0.2) is 0 Å². The third-order valence-electron chi connectivity index (χ3n) is 4.45. The molecule has 1 N–H and O–H groups in total. The molecule has 2 aromatic rings. The van der Waals surface area contributed by atoms with Crippen molar-refractivity contribution >= 4 is 11.6 Å². The maximum atomic E-state index is 12.3. The van der Waals surface area contributed by atoms with E-state index in [4.69, 9.17) is 0 Å². The van der Waals surface area contributed by atoms with Crippen LogP contribution in [0.1, 0.15) is 23.2 Å². The van der Waals surface area contributed by atoms with Crippen molar-refractivity contribution in [2.24, 2.45) is 5.92 Å². The second-order valence-corrected chi connectivity index (χ2v) is 5.93. The lowest BCUT2D eigenvalue weighted by molar-refractivity contribution is 0.0909. The van der Waals surface area contributed by atoms with Crippen LogP contribution >= 0.6 is 0 Å². The first kappa shape index (κ1) is 11.9. The summed E-state index contributed by atoms with van der Waals surface area (Å²) < 4.78 is 1.88. The number of piperidine rings is 1. The zero-order chi connectivity index (χ0) is 13.5. The number of hydrogen-bond donors (Lipinski definition) is 1. The van der Waals surface area contributed by atoms with Crippen LogP contribution in [0, 0.1) is 5.92 Å². The Hall–Kier alpha value is -1.88. The van der Waals surface area contributed by atoms with Gasteiger partial charge in [-0.15, -0.1) is 0 Å². The van der Waals surface area contributed by atoms with Crippen molar-refractivity contribution in [3.63, 3.8) is 0 Å². The fraction of sp³-hybridized carbons (Fsp3) is 0.467. The van der Waals surface area contributed by atoms with Gasteiger partial charge in [0.1, 0.15) is 5.65 Å². The number of aromatic nitrogens is 2. The van der Waals surface area contributed by atoms with Crippen molar-refractivity contribution in [2.45, 2.75) is 18.9 Å². The molecular formula is C15H18N4O. The SMILES string of the molecule is O=C(NC1CC2CCN(C2)C1)c1ccc2nccn2c1. The van der Waals surface area contributed by atoms with E-state index in [-0.39, 0.29) is 5.91 Å². The van der Waals surface area contributed by atoms with Crippen molar-refractivity contribution in [3.05, 3.63) is 36.3 Å². The Labute approximate surface area is 117 Å². The van der Waals surface area contributed by atoms with E-state index in [9.17, 15) is 4.79 Å². The van der Waals surface area contributed by atoms with Crippen LogP contribution in [-0.4, -0.2) is 45.9 Å². The molecular weight excluding hydrogens is 252 g/mol. The fourth-order valence-electron chi connectivity index (χ4n) is 3.49. The fourth-order valence-corrected chi connectivity index (χ4v) is 3.49. The number of imidazole rings is 1. The number of fused-ring (bicyclic) bond motifs is 3. The number of nitrogens with zero attached hydrogens (tertiary/aromatic N) is 3. The van der Waals surface area contributed by atoms with E-state index in [1.54, 1.807) is 6.20 Å². The summed E-state index contributed by atoms with van der Waals surface area (Å²) in [4.78, 5) is 19.0. The Morgan fingerprint density at radius 1 is 1.35 bits per heavy atom. The van der Waals surface area contributed by atoms with E-state index in [0.717, 1.165) is 24.5 Å². The van der Waals surface area contributed by atoms with E-state index >= 15 is 0 Å². The van der Waals surface area contributed by atoms with Gasteiger partial charge < -0.3 is 14.6 Å². The molecule has 4 heterocycles. The number of nitrogens with one attached hydrogen (secondary N) is 1. The second-order valence-electron chi connectivity index (χ2n) is 5.93. The lowest BCUT2D eigenvalue weighted by Crippen LogP contribution is -2.47. The third kappa shape index (κ3) is 2.08. The van der Waals surface area contributed by atoms with E-state index < -0.39 is 0 Å². The van der Waals surface area contributed by atoms with Crippen molar-refractivity contribution in [2.75, 3.05) is 19.6 Å². The maximum Gasteiger partial charge on any atom is 0.253 e. The van der Waals surface area contributed by atoms with Gasteiger partial charge in [-0.3, -0.25) is 4.79 Å². The van der Waals surface area contributed by atoms with Gasteiger partial charge in [-0.2, -0.15) is 0 Å². The van der Waals surface area contributed by atoms with Crippen LogP contribution in [0.25, 0.3) is 5.65 Å². The largest absolute Gasteiger partial charge is 0.348 e. The Bertz CT molecular complexity index is 638. The minimum Gasteiger partial charge on any atom is -0.348 e. The maximum absolute atomic E-state index is 12.3. The van der Waals surface area contributed by atoms with Crippen LogP contribution in [0.2, 0.25) is 0 Å². The zero-order valence-electron chi connectivity index (χ0n) is 11.3. The van der Waals surface area contributed by atoms with Crippen molar-refractivity contribution in [3.8, 4) is 0 Å². The molecule has 2 saturated heterocycles. The molecule has 5 heteroatoms. The molecule has 20 heavy (non-hydrogen) atoms. The number of pyridine rings is 1. The number of rotatable bonds is 2. The van der Waals surface area contributed by atoms with E-state index in [2.05, 4.69) is 15.2 Å². The van der Waals surface area contributed by atoms with Crippen LogP contribution in [-0.2, 0) is 0 Å². The van der Waals surface area contributed by atoms with Gasteiger partial charge in [0, 0.05) is 37.7 Å². The summed E-state index contributed by atoms with van der Waals surface area (Å²) in [6, 6.07) is 4.01. The molecule has 2 aliphatic rings. The lowest BCUT2D eigenvalue weighted by Gasteiger charge is -2.30. The molecule has 3 atom stereocenters. The van der Waals surface area contributed by atoms with Crippen molar-refractivity contribution in [1.29, 1.82) is 0 Å². The third-order valence-corrected chi connectivity index (χ3v) is 4.45. The van der Waals surface area contributed by atoms with Crippen LogP contribution in [0.3, 0.4) is 0 Å². The monoisotopic (exact) mass is 270 g/mol. The average molecular weight is 270 g/mol. The normalized spacial score (nSPS) is 28.7. The number of hydrogen-bond acceptors (Lipinski definition) is 3. The Morgan fingerprint density at radius 2 is 2.30 bits per heavy atom. The summed E-state index contributed by atoms with van der Waals surface area (Å²) in [5.41, 5.74) is 1.56. The molecule has 0 saturated carbocycles. The van der Waals surface area contributed by atoms with Gasteiger partial charge in [-0.25, -0.2) is 4.98 Å². The first-order chi connectivity index (χ1) is 9.78. The minimum absolute atomic E-state index is 0.0214. The van der Waals surface area contributed by atoms with Gasteiger partial charge in [0.25, 0.3) is 5.91 Å². The summed E-state index contributed by atoms with van der Waals surface area (Å²) >= 11 is 0. The smallest absolute Gasteiger partial charge is 0.253 e. The molecule has 3 unspecified atom stereocenters. The summed E-state index contributed by atoms with van der Waals surface area (Å²) in [6.45, 7) is 3.40. The Balaban J connectivity index is 1.49. The quantitative estimate of drug-likeness (QED) is 0.891. The second kappa shape index (κ2) is 4.59. The molecule has 4 rings (SSSR count). The molecule has 2 aromatic heterocycles. The molecule has 1 amide bonds. The first-order valence-electron chi connectivity index (χ1n) is 7.24. The summed E-state index contributed by atoms with van der Waals surface area (Å²) in [6.07, 6.45) is 7.85. The highest BCUT2D eigenvalue weighted by Crippen LogP contribution is 2.26. The van der Waals surface area contributed by atoms with Crippen LogP contribution in [0.15, 0.2) is 30.7 Å². The number of carbonyl (C=O) groups excluding carboxylic acids is 1. The summed E-state index contributed by atoms with van der Waals surface area (Å²) in [7, 11) is 0. The van der Waals surface area contributed by atoms with Crippen molar-refractivity contribution in [1.82, 2.24) is 19.6 Å². The average Bonchev–Trinajstić information content (AvgIpc) is 3.04. The molecule has 2 aliphatic heterocycles. The first-order valence-corrected chi connectivity index (χ1v) is 7.24. The van der Waals surface area contributed by atoms with Crippen LogP contribution in [0.4, 0.5) is 0 Å². The topological polar surface area (TPSA) is 49.6 Å². The van der Waals surface area contributed by atoms with E-state index in [1.165, 1.54) is 19.5 Å². The van der Waals surface area contributed by atoms with Gasteiger partial charge >= 0.3 is 0 Å².